The van der Waals surface area contributed by atoms with Gasteiger partial charge in [0, 0.05) is 25.9 Å². The van der Waals surface area contributed by atoms with Crippen LogP contribution in [0.4, 0.5) is 0 Å². The van der Waals surface area contributed by atoms with Gasteiger partial charge in [0.15, 0.2) is 5.60 Å². The van der Waals surface area contributed by atoms with Crippen molar-refractivity contribution in [3.8, 4) is 6.07 Å². The van der Waals surface area contributed by atoms with Crippen molar-refractivity contribution in [3.63, 3.8) is 0 Å². The summed E-state index contributed by atoms with van der Waals surface area (Å²) in [5, 5.41) is 11.2. The molecule has 1 aliphatic heterocycles. The molecular formula is C18H24N2O3. The molecule has 0 N–H and O–H groups in total. The minimum absolute atomic E-state index is 0.199. The molecule has 0 spiro atoms. The molecule has 0 bridgehead atoms. The van der Waals surface area contributed by atoms with Crippen LogP contribution in [-0.2, 0) is 20.8 Å². The van der Waals surface area contributed by atoms with Gasteiger partial charge in [0.1, 0.15) is 6.07 Å². The second-order valence-corrected chi connectivity index (χ2v) is 6.23. The van der Waals surface area contributed by atoms with Gasteiger partial charge in [-0.3, -0.25) is 4.79 Å². The lowest BCUT2D eigenvalue weighted by Gasteiger charge is -2.35. The van der Waals surface area contributed by atoms with E-state index in [1.165, 1.54) is 5.56 Å². The molecule has 0 aliphatic carbocycles. The number of hydroxylamine groups is 2. The maximum Gasteiger partial charge on any atom is 0.311 e. The molecule has 0 saturated carbocycles. The Balaban J connectivity index is 2.04. The Hall–Kier alpha value is -1.90. The lowest BCUT2D eigenvalue weighted by atomic mass is 9.93. The standard InChI is InChI=1S/C18H24N2O3/c1-13-9-15(3)16(10-14(13)2)11-17(21)23-18(12-19)5-7-20(22-4)8-6-18/h9-10H,5-8,11H2,1-4H3. The molecule has 1 heterocycles. The predicted octanol–water partition coefficient (Wildman–Crippen LogP) is 2.62. The summed E-state index contributed by atoms with van der Waals surface area (Å²) in [5.41, 5.74) is 3.37. The molecule has 1 aromatic rings. The summed E-state index contributed by atoms with van der Waals surface area (Å²) in [6.45, 7) is 7.24. The third kappa shape index (κ3) is 4.10. The molecule has 124 valence electrons. The topological polar surface area (TPSA) is 62.6 Å². The van der Waals surface area contributed by atoms with Crippen LogP contribution in [0.2, 0.25) is 0 Å². The van der Waals surface area contributed by atoms with E-state index in [2.05, 4.69) is 19.1 Å². The summed E-state index contributed by atoms with van der Waals surface area (Å²) in [7, 11) is 1.61. The van der Waals surface area contributed by atoms with Crippen molar-refractivity contribution >= 4 is 5.97 Å². The third-order valence-corrected chi connectivity index (χ3v) is 4.59. The Morgan fingerprint density at radius 3 is 2.39 bits per heavy atom. The SMILES string of the molecule is CON1CCC(C#N)(OC(=O)Cc2cc(C)c(C)cc2C)CC1. The molecule has 1 aliphatic rings. The number of ether oxygens (including phenoxy) is 1. The number of hydrogen-bond acceptors (Lipinski definition) is 5. The zero-order valence-electron chi connectivity index (χ0n) is 14.3. The van der Waals surface area contributed by atoms with Crippen LogP contribution in [-0.4, -0.2) is 36.8 Å². The summed E-state index contributed by atoms with van der Waals surface area (Å²) in [5.74, 6) is -0.344. The molecular weight excluding hydrogens is 292 g/mol. The highest BCUT2D eigenvalue weighted by molar-refractivity contribution is 5.74. The first-order valence-electron chi connectivity index (χ1n) is 7.88. The highest BCUT2D eigenvalue weighted by Crippen LogP contribution is 2.27. The fourth-order valence-corrected chi connectivity index (χ4v) is 2.89. The van der Waals surface area contributed by atoms with Crippen molar-refractivity contribution < 1.29 is 14.4 Å². The molecule has 5 nitrogen and oxygen atoms in total. The molecule has 0 amide bonds. The number of carbonyl (C=O) groups is 1. The first-order valence-corrected chi connectivity index (χ1v) is 7.88. The monoisotopic (exact) mass is 316 g/mol. The Labute approximate surface area is 137 Å². The summed E-state index contributed by atoms with van der Waals surface area (Å²) in [6, 6.07) is 6.29. The third-order valence-electron chi connectivity index (χ3n) is 4.59. The van der Waals surface area contributed by atoms with Gasteiger partial charge in [-0.15, -0.1) is 0 Å². The predicted molar refractivity (Wildman–Crippen MR) is 86.6 cm³/mol. The second kappa shape index (κ2) is 7.12. The van der Waals surface area contributed by atoms with Crippen LogP contribution in [0.25, 0.3) is 0 Å². The van der Waals surface area contributed by atoms with Gasteiger partial charge in [0.2, 0.25) is 0 Å². The first kappa shape index (κ1) is 17.5. The summed E-state index contributed by atoms with van der Waals surface area (Å²) >= 11 is 0. The van der Waals surface area contributed by atoms with Crippen LogP contribution in [0.15, 0.2) is 12.1 Å². The maximum absolute atomic E-state index is 12.3. The molecule has 0 aromatic heterocycles. The summed E-state index contributed by atoms with van der Waals surface area (Å²) in [6.07, 6.45) is 1.13. The van der Waals surface area contributed by atoms with E-state index >= 15 is 0 Å². The van der Waals surface area contributed by atoms with Crippen molar-refractivity contribution in [2.24, 2.45) is 0 Å². The van der Waals surface area contributed by atoms with Gasteiger partial charge in [-0.05, 0) is 43.0 Å². The average molecular weight is 316 g/mol. The number of rotatable bonds is 4. The van der Waals surface area contributed by atoms with Gasteiger partial charge >= 0.3 is 5.97 Å². The largest absolute Gasteiger partial charge is 0.443 e. The Morgan fingerprint density at radius 2 is 1.83 bits per heavy atom. The smallest absolute Gasteiger partial charge is 0.311 e. The molecule has 1 aromatic carbocycles. The van der Waals surface area contributed by atoms with Crippen molar-refractivity contribution in [1.29, 1.82) is 5.26 Å². The van der Waals surface area contributed by atoms with Gasteiger partial charge in [-0.2, -0.15) is 10.3 Å². The number of aryl methyl sites for hydroxylation is 3. The Bertz CT molecular complexity index is 626. The molecule has 5 heteroatoms. The van der Waals surface area contributed by atoms with E-state index in [9.17, 15) is 10.1 Å². The number of esters is 1. The molecule has 23 heavy (non-hydrogen) atoms. The summed E-state index contributed by atoms with van der Waals surface area (Å²) in [4.78, 5) is 17.5. The maximum atomic E-state index is 12.3. The number of benzene rings is 1. The van der Waals surface area contributed by atoms with Gasteiger partial charge < -0.3 is 9.57 Å². The zero-order chi connectivity index (χ0) is 17.0. The van der Waals surface area contributed by atoms with Crippen molar-refractivity contribution in [1.82, 2.24) is 5.06 Å². The number of piperidine rings is 1. The van der Waals surface area contributed by atoms with Crippen LogP contribution in [0.3, 0.4) is 0 Å². The highest BCUT2D eigenvalue weighted by Gasteiger charge is 2.38. The van der Waals surface area contributed by atoms with Gasteiger partial charge in [0.05, 0.1) is 13.5 Å². The molecule has 1 saturated heterocycles. The molecule has 0 unspecified atom stereocenters. The van der Waals surface area contributed by atoms with E-state index in [-0.39, 0.29) is 12.4 Å². The van der Waals surface area contributed by atoms with Crippen LogP contribution < -0.4 is 0 Å². The molecule has 0 radical (unpaired) electrons. The van der Waals surface area contributed by atoms with Crippen molar-refractivity contribution in [2.75, 3.05) is 20.2 Å². The van der Waals surface area contributed by atoms with Gasteiger partial charge in [0.25, 0.3) is 0 Å². The van der Waals surface area contributed by atoms with E-state index in [4.69, 9.17) is 9.57 Å². The zero-order valence-corrected chi connectivity index (χ0v) is 14.3. The summed E-state index contributed by atoms with van der Waals surface area (Å²) < 4.78 is 5.57. The van der Waals surface area contributed by atoms with E-state index < -0.39 is 5.60 Å². The van der Waals surface area contributed by atoms with Crippen molar-refractivity contribution in [3.05, 3.63) is 34.4 Å². The van der Waals surface area contributed by atoms with Crippen LogP contribution in [0.5, 0.6) is 0 Å². The second-order valence-electron chi connectivity index (χ2n) is 6.23. The first-order chi connectivity index (χ1) is 10.9. The number of hydrogen-bond donors (Lipinski definition) is 0. The van der Waals surface area contributed by atoms with Crippen molar-refractivity contribution in [2.45, 2.75) is 45.6 Å². The van der Waals surface area contributed by atoms with Gasteiger partial charge in [-0.25, -0.2) is 0 Å². The molecule has 1 fully saturated rings. The van der Waals surface area contributed by atoms with Crippen LogP contribution in [0, 0.1) is 32.1 Å². The van der Waals surface area contributed by atoms with Gasteiger partial charge in [-0.1, -0.05) is 12.1 Å². The normalized spacial score (nSPS) is 17.5. The van der Waals surface area contributed by atoms with Crippen LogP contribution in [0.1, 0.15) is 35.1 Å². The Kier molecular flexibility index (Phi) is 5.40. The number of nitriles is 1. The molecule has 2 rings (SSSR count). The van der Waals surface area contributed by atoms with Crippen LogP contribution >= 0.6 is 0 Å². The van der Waals surface area contributed by atoms with E-state index in [1.54, 1.807) is 12.2 Å². The minimum Gasteiger partial charge on any atom is -0.443 e. The van der Waals surface area contributed by atoms with E-state index in [1.807, 2.05) is 19.9 Å². The quantitative estimate of drug-likeness (QED) is 0.799. The fourth-order valence-electron chi connectivity index (χ4n) is 2.89. The number of carbonyl (C=O) groups excluding carboxylic acids is 1. The fraction of sp³-hybridized carbons (Fsp3) is 0.556. The minimum atomic E-state index is -1.03. The number of nitrogens with zero attached hydrogens (tertiary/aromatic N) is 2. The lowest BCUT2D eigenvalue weighted by Crippen LogP contribution is -2.46. The lowest BCUT2D eigenvalue weighted by molar-refractivity contribution is -0.182. The Morgan fingerprint density at radius 1 is 1.22 bits per heavy atom. The molecule has 0 atom stereocenters. The highest BCUT2D eigenvalue weighted by atomic mass is 16.7. The van der Waals surface area contributed by atoms with E-state index in [0.29, 0.717) is 25.9 Å². The van der Waals surface area contributed by atoms with E-state index in [0.717, 1.165) is 16.7 Å². The average Bonchev–Trinajstić information content (AvgIpc) is 2.53.